The lowest BCUT2D eigenvalue weighted by atomic mass is 10.2. The van der Waals surface area contributed by atoms with Gasteiger partial charge in [0.2, 0.25) is 11.0 Å². The minimum absolute atomic E-state index is 0.0202. The lowest BCUT2D eigenvalue weighted by Crippen LogP contribution is -2.46. The van der Waals surface area contributed by atoms with Gasteiger partial charge in [0.25, 0.3) is 15.6 Å². The summed E-state index contributed by atoms with van der Waals surface area (Å²) in [6.45, 7) is -0.368. The third-order valence-corrected chi connectivity index (χ3v) is 8.57. The van der Waals surface area contributed by atoms with Crippen molar-refractivity contribution in [2.24, 2.45) is 7.05 Å². The second kappa shape index (κ2) is 10.3. The molecular weight excluding hydrogens is 572 g/mol. The topological polar surface area (TPSA) is 124 Å². The summed E-state index contributed by atoms with van der Waals surface area (Å²) in [7, 11) is -3.09. The first-order chi connectivity index (χ1) is 19.3. The maximum atomic E-state index is 13.6. The van der Waals surface area contributed by atoms with Gasteiger partial charge < -0.3 is 9.73 Å². The van der Waals surface area contributed by atoms with Gasteiger partial charge in [-0.3, -0.25) is 18.7 Å². The predicted molar refractivity (Wildman–Crippen MR) is 137 cm³/mol. The number of carbonyl (C=O) groups excluding carboxylic acids is 1. The molecule has 0 saturated carbocycles. The average Bonchev–Trinajstić information content (AvgIpc) is 3.59. The molecule has 1 aliphatic rings. The van der Waals surface area contributed by atoms with Gasteiger partial charge in [0.05, 0.1) is 16.8 Å². The van der Waals surface area contributed by atoms with Crippen molar-refractivity contribution in [2.45, 2.75) is 36.7 Å². The molecule has 4 aromatic rings. The lowest BCUT2D eigenvalue weighted by molar-refractivity contribution is -0.137. The number of amides is 1. The van der Waals surface area contributed by atoms with Crippen LogP contribution in [0.3, 0.4) is 0 Å². The fourth-order valence-electron chi connectivity index (χ4n) is 4.67. The van der Waals surface area contributed by atoms with Gasteiger partial charge in [-0.15, -0.1) is 0 Å². The third kappa shape index (κ3) is 5.29. The average molecular weight is 595 g/mol. The Hall–Kier alpha value is -4.24. The molecule has 41 heavy (non-hydrogen) atoms. The Balaban J connectivity index is 1.37. The largest absolute Gasteiger partial charge is 0.443 e. The number of rotatable bonds is 6. The van der Waals surface area contributed by atoms with E-state index < -0.39 is 55.9 Å². The summed E-state index contributed by atoms with van der Waals surface area (Å²) in [6, 6.07) is 7.32. The molecule has 15 heteroatoms. The molecule has 5 rings (SSSR count). The van der Waals surface area contributed by atoms with Crippen molar-refractivity contribution in [3.63, 3.8) is 0 Å². The molecule has 1 fully saturated rings. The standard InChI is InChI=1S/C26H22F4N4O6S/c1-32-24(36)16(14-33(25(32)37)19-7-4-17(5-8-19)26(28,29)30)13-31-23(35)20-3-2-10-34(20)41(38,39)22-12-15-11-18(27)6-9-21(15)40-22/h4-9,11-12,14,20H,2-3,10,13H2,1H3,(H,31,35)/t20-/m0/s1. The highest BCUT2D eigenvalue weighted by Crippen LogP contribution is 2.31. The van der Waals surface area contributed by atoms with Crippen LogP contribution in [0.25, 0.3) is 16.7 Å². The number of benzene rings is 2. The van der Waals surface area contributed by atoms with Crippen LogP contribution in [-0.2, 0) is 34.6 Å². The molecule has 1 atom stereocenters. The summed E-state index contributed by atoms with van der Waals surface area (Å²) < 4.78 is 87.1. The van der Waals surface area contributed by atoms with Crippen molar-refractivity contribution in [2.75, 3.05) is 6.54 Å². The van der Waals surface area contributed by atoms with Crippen molar-refractivity contribution in [3.05, 3.63) is 92.5 Å². The van der Waals surface area contributed by atoms with Gasteiger partial charge in [0, 0.05) is 37.8 Å². The monoisotopic (exact) mass is 594 g/mol. The Morgan fingerprint density at radius 2 is 1.80 bits per heavy atom. The van der Waals surface area contributed by atoms with E-state index in [1.807, 2.05) is 0 Å². The molecule has 1 saturated heterocycles. The van der Waals surface area contributed by atoms with Crippen LogP contribution < -0.4 is 16.6 Å². The van der Waals surface area contributed by atoms with Crippen molar-refractivity contribution in [1.82, 2.24) is 18.8 Å². The molecule has 1 N–H and O–H groups in total. The maximum absolute atomic E-state index is 13.6. The van der Waals surface area contributed by atoms with Crippen molar-refractivity contribution in [3.8, 4) is 5.69 Å². The zero-order valence-corrected chi connectivity index (χ0v) is 22.1. The van der Waals surface area contributed by atoms with Crippen LogP contribution in [0.5, 0.6) is 0 Å². The zero-order chi connectivity index (χ0) is 29.7. The number of carbonyl (C=O) groups is 1. The van der Waals surface area contributed by atoms with E-state index in [1.165, 1.54) is 19.2 Å². The number of halogens is 4. The summed E-state index contributed by atoms with van der Waals surface area (Å²) in [6.07, 6.45) is -2.91. The number of hydrogen-bond acceptors (Lipinski definition) is 6. The molecule has 0 unspecified atom stereocenters. The van der Waals surface area contributed by atoms with Crippen LogP contribution in [0.2, 0.25) is 0 Å². The number of nitrogens with zero attached hydrogens (tertiary/aromatic N) is 3. The number of furan rings is 1. The minimum atomic E-state index is -4.58. The Morgan fingerprint density at radius 3 is 2.49 bits per heavy atom. The van der Waals surface area contributed by atoms with Crippen molar-refractivity contribution >= 4 is 26.9 Å². The second-order valence-corrected chi connectivity index (χ2v) is 11.3. The van der Waals surface area contributed by atoms with E-state index in [9.17, 15) is 40.4 Å². The predicted octanol–water partition coefficient (Wildman–Crippen LogP) is 2.91. The molecule has 0 spiro atoms. The Bertz CT molecular complexity index is 1880. The molecule has 0 aliphatic carbocycles. The normalized spacial score (nSPS) is 16.4. The van der Waals surface area contributed by atoms with Crippen LogP contribution >= 0.6 is 0 Å². The van der Waals surface area contributed by atoms with Crippen LogP contribution in [-0.4, -0.2) is 40.4 Å². The fraction of sp³-hybridized carbons (Fsp3) is 0.269. The number of alkyl halides is 3. The first kappa shape index (κ1) is 28.3. The van der Waals surface area contributed by atoms with Gasteiger partial charge in [-0.25, -0.2) is 17.6 Å². The van der Waals surface area contributed by atoms with Gasteiger partial charge in [-0.1, -0.05) is 0 Å². The van der Waals surface area contributed by atoms with Gasteiger partial charge in [-0.2, -0.15) is 17.5 Å². The van der Waals surface area contributed by atoms with E-state index in [1.54, 1.807) is 0 Å². The first-order valence-electron chi connectivity index (χ1n) is 12.3. The maximum Gasteiger partial charge on any atom is 0.416 e. The molecule has 3 heterocycles. The van der Waals surface area contributed by atoms with Crippen LogP contribution in [0.1, 0.15) is 24.0 Å². The molecule has 2 aromatic carbocycles. The highest BCUT2D eigenvalue weighted by atomic mass is 32.2. The third-order valence-electron chi connectivity index (χ3n) is 6.81. The van der Waals surface area contributed by atoms with E-state index in [-0.39, 0.29) is 41.7 Å². The number of hydrogen-bond donors (Lipinski definition) is 1. The lowest BCUT2D eigenvalue weighted by Gasteiger charge is -2.22. The molecule has 10 nitrogen and oxygen atoms in total. The van der Waals surface area contributed by atoms with Crippen molar-refractivity contribution in [1.29, 1.82) is 0 Å². The Morgan fingerprint density at radius 1 is 1.10 bits per heavy atom. The van der Waals surface area contributed by atoms with Crippen LogP contribution in [0.15, 0.2) is 73.8 Å². The number of sulfonamides is 1. The SMILES string of the molecule is Cn1c(=O)c(CNC(=O)[C@@H]2CCCN2S(=O)(=O)c2cc3cc(F)ccc3o2)cn(-c2ccc(C(F)(F)F)cc2)c1=O. The number of aromatic nitrogens is 2. The number of fused-ring (bicyclic) bond motifs is 1. The molecule has 216 valence electrons. The van der Waals surface area contributed by atoms with Crippen molar-refractivity contribution < 1.29 is 35.2 Å². The molecule has 0 radical (unpaired) electrons. The quantitative estimate of drug-likeness (QED) is 0.343. The Kier molecular flexibility index (Phi) is 7.11. The summed E-state index contributed by atoms with van der Waals surface area (Å²) in [5.41, 5.74) is -2.33. The van der Waals surface area contributed by atoms with E-state index in [2.05, 4.69) is 5.32 Å². The van der Waals surface area contributed by atoms with Gasteiger partial charge >= 0.3 is 11.9 Å². The van der Waals surface area contributed by atoms with E-state index in [0.717, 1.165) is 56.0 Å². The van der Waals surface area contributed by atoms with Crippen LogP contribution in [0.4, 0.5) is 17.6 Å². The molecule has 0 bridgehead atoms. The Labute approximate surface area is 229 Å². The van der Waals surface area contributed by atoms with Gasteiger partial charge in [0.1, 0.15) is 17.4 Å². The van der Waals surface area contributed by atoms with E-state index in [4.69, 9.17) is 4.42 Å². The zero-order valence-electron chi connectivity index (χ0n) is 21.3. The molecule has 1 amide bonds. The van der Waals surface area contributed by atoms with Crippen LogP contribution in [0, 0.1) is 5.82 Å². The second-order valence-electron chi connectivity index (χ2n) is 9.45. The fourth-order valence-corrected chi connectivity index (χ4v) is 6.28. The molecular formula is C26H22F4N4O6S. The summed E-state index contributed by atoms with van der Waals surface area (Å²) in [5.74, 6) is -1.28. The molecule has 2 aromatic heterocycles. The highest BCUT2D eigenvalue weighted by Gasteiger charge is 2.41. The van der Waals surface area contributed by atoms with E-state index >= 15 is 0 Å². The summed E-state index contributed by atoms with van der Waals surface area (Å²) in [5, 5.41) is 2.31. The molecule has 1 aliphatic heterocycles. The summed E-state index contributed by atoms with van der Waals surface area (Å²) in [4.78, 5) is 38.5. The highest BCUT2D eigenvalue weighted by molar-refractivity contribution is 7.89. The van der Waals surface area contributed by atoms with Gasteiger partial charge in [-0.05, 0) is 55.3 Å². The number of nitrogens with one attached hydrogen (secondary N) is 1. The first-order valence-corrected chi connectivity index (χ1v) is 13.7. The van der Waals surface area contributed by atoms with Gasteiger partial charge in [0.15, 0.2) is 0 Å². The summed E-state index contributed by atoms with van der Waals surface area (Å²) >= 11 is 0. The minimum Gasteiger partial charge on any atom is -0.443 e. The smallest absolute Gasteiger partial charge is 0.416 e. The van der Waals surface area contributed by atoms with E-state index in [0.29, 0.717) is 6.42 Å².